The van der Waals surface area contributed by atoms with Crippen molar-refractivity contribution in [3.8, 4) is 0 Å². The van der Waals surface area contributed by atoms with Crippen molar-refractivity contribution in [2.75, 3.05) is 11.1 Å². The highest BCUT2D eigenvalue weighted by Crippen LogP contribution is 2.19. The highest BCUT2D eigenvalue weighted by Gasteiger charge is 2.16. The molecule has 0 unspecified atom stereocenters. The number of anilines is 1. The number of aromatic nitrogens is 5. The molecule has 4 aromatic heterocycles. The zero-order valence-electron chi connectivity index (χ0n) is 13.7. The third-order valence-electron chi connectivity index (χ3n) is 3.46. The lowest BCUT2D eigenvalue weighted by Crippen LogP contribution is -2.25. The fraction of sp³-hybridized carbons (Fsp3) is 0.125. The van der Waals surface area contributed by atoms with E-state index < -0.39 is 0 Å². The Kier molecular flexibility index (Phi) is 4.94. The molecule has 0 atom stereocenters. The van der Waals surface area contributed by atoms with Gasteiger partial charge in [-0.1, -0.05) is 11.8 Å². The van der Waals surface area contributed by atoms with Gasteiger partial charge >= 0.3 is 0 Å². The first-order valence-corrected chi connectivity index (χ1v) is 9.63. The first kappa shape index (κ1) is 17.4. The normalized spacial score (nSPS) is 11.0. The van der Waals surface area contributed by atoms with Crippen molar-refractivity contribution in [3.63, 3.8) is 0 Å². The molecule has 4 aromatic rings. The summed E-state index contributed by atoms with van der Waals surface area (Å²) in [7, 11) is 0. The molecule has 11 heteroatoms. The molecule has 0 spiro atoms. The smallest absolute Gasteiger partial charge is 0.282 e. The largest absolute Gasteiger partial charge is 0.467 e. The van der Waals surface area contributed by atoms with E-state index in [9.17, 15) is 9.59 Å². The SMILES string of the molecule is O=C(CSc1nc2nccnc2c(=O)n1Cc1ccco1)Nc1nccs1. The third-order valence-corrected chi connectivity index (χ3v) is 5.13. The van der Waals surface area contributed by atoms with Crippen LogP contribution in [0, 0.1) is 0 Å². The van der Waals surface area contributed by atoms with Crippen LogP contribution in [0.1, 0.15) is 5.76 Å². The predicted octanol–water partition coefficient (Wildman–Crippen LogP) is 2.02. The highest BCUT2D eigenvalue weighted by molar-refractivity contribution is 7.99. The van der Waals surface area contributed by atoms with Crippen molar-refractivity contribution in [2.24, 2.45) is 0 Å². The summed E-state index contributed by atoms with van der Waals surface area (Å²) in [5.41, 5.74) is 0.0639. The number of rotatable bonds is 6. The second-order valence-corrected chi connectivity index (χ2v) is 7.10. The summed E-state index contributed by atoms with van der Waals surface area (Å²) < 4.78 is 6.76. The predicted molar refractivity (Wildman–Crippen MR) is 101 cm³/mol. The quantitative estimate of drug-likeness (QED) is 0.386. The minimum atomic E-state index is -0.340. The molecule has 1 amide bonds. The van der Waals surface area contributed by atoms with E-state index >= 15 is 0 Å². The lowest BCUT2D eigenvalue weighted by Gasteiger charge is -2.11. The van der Waals surface area contributed by atoms with Crippen molar-refractivity contribution in [2.45, 2.75) is 11.7 Å². The average Bonchev–Trinajstić information content (AvgIpc) is 3.37. The monoisotopic (exact) mass is 400 g/mol. The van der Waals surface area contributed by atoms with Crippen LogP contribution < -0.4 is 10.9 Å². The summed E-state index contributed by atoms with van der Waals surface area (Å²) in [4.78, 5) is 41.5. The summed E-state index contributed by atoms with van der Waals surface area (Å²) in [6.45, 7) is 0.182. The lowest BCUT2D eigenvalue weighted by molar-refractivity contribution is -0.113. The molecular weight excluding hydrogens is 388 g/mol. The van der Waals surface area contributed by atoms with Crippen molar-refractivity contribution >= 4 is 45.3 Å². The summed E-state index contributed by atoms with van der Waals surface area (Å²) in [6, 6.07) is 3.50. The Morgan fingerprint density at radius 3 is 2.93 bits per heavy atom. The molecule has 9 nitrogen and oxygen atoms in total. The number of amides is 1. The van der Waals surface area contributed by atoms with E-state index in [1.54, 1.807) is 23.7 Å². The number of furan rings is 1. The third kappa shape index (κ3) is 3.88. The molecule has 0 bridgehead atoms. The van der Waals surface area contributed by atoms with Crippen molar-refractivity contribution < 1.29 is 9.21 Å². The summed E-state index contributed by atoms with van der Waals surface area (Å²) in [6.07, 6.45) is 6.05. The first-order valence-electron chi connectivity index (χ1n) is 7.77. The second kappa shape index (κ2) is 7.68. The maximum atomic E-state index is 12.8. The van der Waals surface area contributed by atoms with Gasteiger partial charge in [-0.05, 0) is 12.1 Å². The van der Waals surface area contributed by atoms with E-state index in [0.717, 1.165) is 11.8 Å². The van der Waals surface area contributed by atoms with Crippen LogP contribution in [0.4, 0.5) is 5.13 Å². The van der Waals surface area contributed by atoms with Crippen LogP contribution in [0.2, 0.25) is 0 Å². The number of nitrogens with one attached hydrogen (secondary N) is 1. The van der Waals surface area contributed by atoms with Crippen molar-refractivity contribution in [1.82, 2.24) is 24.5 Å². The molecule has 4 rings (SSSR count). The molecule has 0 radical (unpaired) electrons. The van der Waals surface area contributed by atoms with E-state index in [1.165, 1.54) is 34.6 Å². The molecule has 0 saturated carbocycles. The Hall–Kier alpha value is -3.05. The molecule has 1 N–H and O–H groups in total. The fourth-order valence-electron chi connectivity index (χ4n) is 2.31. The highest BCUT2D eigenvalue weighted by atomic mass is 32.2. The molecule has 0 aliphatic carbocycles. The van der Waals surface area contributed by atoms with Gasteiger partial charge in [0, 0.05) is 24.0 Å². The van der Waals surface area contributed by atoms with E-state index in [0.29, 0.717) is 16.0 Å². The maximum Gasteiger partial charge on any atom is 0.282 e. The number of carbonyl (C=O) groups is 1. The van der Waals surface area contributed by atoms with E-state index in [2.05, 4.69) is 25.3 Å². The van der Waals surface area contributed by atoms with Crippen LogP contribution in [0.5, 0.6) is 0 Å². The van der Waals surface area contributed by atoms with Gasteiger partial charge in [0.2, 0.25) is 5.91 Å². The molecule has 4 heterocycles. The molecule has 0 aromatic carbocycles. The zero-order valence-corrected chi connectivity index (χ0v) is 15.4. The first-order chi connectivity index (χ1) is 13.2. The van der Waals surface area contributed by atoms with Gasteiger partial charge in [0.15, 0.2) is 21.5 Å². The summed E-state index contributed by atoms with van der Waals surface area (Å²) in [5.74, 6) is 0.417. The molecule has 0 fully saturated rings. The number of nitrogens with zero attached hydrogens (tertiary/aromatic N) is 5. The van der Waals surface area contributed by atoms with E-state index in [-0.39, 0.29) is 34.9 Å². The van der Waals surface area contributed by atoms with Crippen LogP contribution in [0.3, 0.4) is 0 Å². The minimum Gasteiger partial charge on any atom is -0.467 e. The number of hydrogen-bond acceptors (Lipinski definition) is 9. The Balaban J connectivity index is 1.63. The molecule has 0 saturated heterocycles. The van der Waals surface area contributed by atoms with Crippen molar-refractivity contribution in [1.29, 1.82) is 0 Å². The number of hydrogen-bond donors (Lipinski definition) is 1. The van der Waals surface area contributed by atoms with E-state index in [1.807, 2.05) is 0 Å². The number of thiazole rings is 1. The average molecular weight is 400 g/mol. The van der Waals surface area contributed by atoms with Gasteiger partial charge in [-0.25, -0.2) is 19.9 Å². The number of carbonyl (C=O) groups excluding carboxylic acids is 1. The Morgan fingerprint density at radius 1 is 1.26 bits per heavy atom. The lowest BCUT2D eigenvalue weighted by atomic mass is 10.4. The van der Waals surface area contributed by atoms with Gasteiger partial charge in [0.1, 0.15) is 5.76 Å². The topological polar surface area (TPSA) is 116 Å². The van der Waals surface area contributed by atoms with Crippen LogP contribution in [-0.2, 0) is 11.3 Å². The van der Waals surface area contributed by atoms with Gasteiger partial charge in [0.05, 0.1) is 18.6 Å². The fourth-order valence-corrected chi connectivity index (χ4v) is 3.64. The van der Waals surface area contributed by atoms with Crippen LogP contribution in [0.25, 0.3) is 11.2 Å². The molecule has 136 valence electrons. The Labute approximate surface area is 160 Å². The van der Waals surface area contributed by atoms with Gasteiger partial charge in [-0.2, -0.15) is 0 Å². The second-order valence-electron chi connectivity index (χ2n) is 5.27. The summed E-state index contributed by atoms with van der Waals surface area (Å²) >= 11 is 2.46. The zero-order chi connectivity index (χ0) is 18.6. The number of thioether (sulfide) groups is 1. The Bertz CT molecular complexity index is 1120. The van der Waals surface area contributed by atoms with Gasteiger partial charge in [-0.3, -0.25) is 14.2 Å². The van der Waals surface area contributed by atoms with Gasteiger partial charge in [0.25, 0.3) is 5.56 Å². The van der Waals surface area contributed by atoms with Gasteiger partial charge < -0.3 is 9.73 Å². The van der Waals surface area contributed by atoms with Crippen LogP contribution >= 0.6 is 23.1 Å². The van der Waals surface area contributed by atoms with Crippen LogP contribution in [0.15, 0.2) is 56.7 Å². The Morgan fingerprint density at radius 2 is 2.15 bits per heavy atom. The molecular formula is C16H12N6O3S2. The number of fused-ring (bicyclic) bond motifs is 1. The van der Waals surface area contributed by atoms with Crippen molar-refractivity contribution in [3.05, 3.63) is 58.5 Å². The van der Waals surface area contributed by atoms with Crippen LogP contribution in [-0.4, -0.2) is 36.2 Å². The standard InChI is InChI=1S/C16H12N6O3S2/c23-11(20-15-19-5-7-26-15)9-27-16-21-13-12(17-3-4-18-13)14(24)22(16)8-10-2-1-6-25-10/h1-7H,8-9H2,(H,19,20,23). The minimum absolute atomic E-state index is 0.0654. The van der Waals surface area contributed by atoms with Gasteiger partial charge in [-0.15, -0.1) is 11.3 Å². The van der Waals surface area contributed by atoms with E-state index in [4.69, 9.17) is 4.42 Å². The maximum absolute atomic E-state index is 12.8. The molecule has 27 heavy (non-hydrogen) atoms. The molecule has 0 aliphatic rings. The molecule has 0 aliphatic heterocycles. The summed E-state index contributed by atoms with van der Waals surface area (Å²) in [5, 5.41) is 5.35.